The molecule has 0 spiro atoms. The molecule has 1 aliphatic rings. The van der Waals surface area contributed by atoms with Crippen LogP contribution in [0.4, 0.5) is 11.4 Å². The Morgan fingerprint density at radius 1 is 1.20 bits per heavy atom. The fraction of sp³-hybridized carbons (Fsp3) is 0.222. The van der Waals surface area contributed by atoms with Crippen molar-refractivity contribution in [2.45, 2.75) is 6.42 Å². The van der Waals surface area contributed by atoms with Crippen molar-refractivity contribution in [3.05, 3.63) is 59.7 Å². The van der Waals surface area contributed by atoms with Gasteiger partial charge < -0.3 is 4.90 Å². The molecule has 128 valence electrons. The Morgan fingerprint density at radius 3 is 2.64 bits per heavy atom. The molecule has 0 radical (unpaired) electrons. The van der Waals surface area contributed by atoms with Gasteiger partial charge in [-0.1, -0.05) is 12.1 Å². The van der Waals surface area contributed by atoms with Crippen molar-refractivity contribution in [2.24, 2.45) is 0 Å². The summed E-state index contributed by atoms with van der Waals surface area (Å²) in [5.74, 6) is -0.139. The molecule has 3 rings (SSSR count). The Kier molecular flexibility index (Phi) is 4.47. The third kappa shape index (κ3) is 3.35. The summed E-state index contributed by atoms with van der Waals surface area (Å²) in [5.41, 5.74) is 1.96. The van der Waals surface area contributed by atoms with E-state index in [-0.39, 0.29) is 11.7 Å². The number of nitrogens with zero attached hydrogens (tertiary/aromatic N) is 3. The molecule has 2 aromatic rings. The number of carbonyl (C=O) groups is 1. The van der Waals surface area contributed by atoms with E-state index in [9.17, 15) is 13.2 Å². The molecule has 0 aromatic heterocycles. The fourth-order valence-electron chi connectivity index (χ4n) is 2.82. The number of anilines is 2. The number of sulfonamides is 1. The Labute approximate surface area is 147 Å². The lowest BCUT2D eigenvalue weighted by molar-refractivity contribution is 0.0993. The van der Waals surface area contributed by atoms with Crippen molar-refractivity contribution < 1.29 is 13.2 Å². The van der Waals surface area contributed by atoms with Crippen LogP contribution in [0.15, 0.2) is 48.5 Å². The Bertz CT molecular complexity index is 964. The number of amides is 1. The van der Waals surface area contributed by atoms with Crippen molar-refractivity contribution in [3.63, 3.8) is 0 Å². The lowest BCUT2D eigenvalue weighted by Gasteiger charge is -2.20. The van der Waals surface area contributed by atoms with Crippen LogP contribution in [0, 0.1) is 11.3 Å². The molecule has 0 bridgehead atoms. The maximum atomic E-state index is 12.7. The average molecular weight is 355 g/mol. The Morgan fingerprint density at radius 2 is 1.96 bits per heavy atom. The summed E-state index contributed by atoms with van der Waals surface area (Å²) >= 11 is 0. The van der Waals surface area contributed by atoms with Gasteiger partial charge in [0.15, 0.2) is 0 Å². The van der Waals surface area contributed by atoms with Crippen LogP contribution in [-0.2, 0) is 10.0 Å². The highest BCUT2D eigenvalue weighted by Gasteiger charge is 2.29. The number of nitriles is 1. The summed E-state index contributed by atoms with van der Waals surface area (Å²) in [4.78, 5) is 14.2. The molecule has 1 aliphatic heterocycles. The molecule has 0 aliphatic carbocycles. The van der Waals surface area contributed by atoms with Gasteiger partial charge >= 0.3 is 0 Å². The van der Waals surface area contributed by atoms with E-state index in [0.29, 0.717) is 35.5 Å². The van der Waals surface area contributed by atoms with Gasteiger partial charge in [-0.3, -0.25) is 9.10 Å². The van der Waals surface area contributed by atoms with Crippen LogP contribution in [0.1, 0.15) is 22.3 Å². The molecule has 7 heteroatoms. The van der Waals surface area contributed by atoms with Gasteiger partial charge in [-0.15, -0.1) is 0 Å². The topological polar surface area (TPSA) is 81.5 Å². The van der Waals surface area contributed by atoms with Gasteiger partial charge in [0, 0.05) is 24.8 Å². The van der Waals surface area contributed by atoms with Crippen molar-refractivity contribution >= 4 is 27.3 Å². The minimum atomic E-state index is -3.29. The van der Waals surface area contributed by atoms with E-state index in [1.165, 1.54) is 9.21 Å². The largest absolute Gasteiger partial charge is 0.311 e. The normalized spacial score (nSPS) is 15.6. The smallest absolute Gasteiger partial charge is 0.258 e. The molecule has 1 heterocycles. The maximum Gasteiger partial charge on any atom is 0.258 e. The molecule has 0 atom stereocenters. The molecule has 1 saturated heterocycles. The predicted octanol–water partition coefficient (Wildman–Crippen LogP) is 2.37. The Hall–Kier alpha value is -2.85. The fourth-order valence-corrected chi connectivity index (χ4v) is 4.37. The van der Waals surface area contributed by atoms with E-state index < -0.39 is 10.0 Å². The number of hydrogen-bond acceptors (Lipinski definition) is 4. The highest BCUT2D eigenvalue weighted by atomic mass is 32.2. The second-order valence-electron chi connectivity index (χ2n) is 5.82. The van der Waals surface area contributed by atoms with Crippen LogP contribution in [0.3, 0.4) is 0 Å². The number of rotatable bonds is 3. The number of hydrogen-bond donors (Lipinski definition) is 0. The standard InChI is InChI=1S/C18H17N3O3S/c1-20(16-7-2-5-14(11-16)13-19)18(22)15-6-3-8-17(12-15)21-9-4-10-25(21,23)24/h2-3,5-8,11-12H,4,9-10H2,1H3. The van der Waals surface area contributed by atoms with Crippen molar-refractivity contribution in [3.8, 4) is 6.07 Å². The van der Waals surface area contributed by atoms with Crippen LogP contribution in [0.25, 0.3) is 0 Å². The van der Waals surface area contributed by atoms with Gasteiger partial charge in [0.2, 0.25) is 10.0 Å². The summed E-state index contributed by atoms with van der Waals surface area (Å²) in [6.45, 7) is 0.431. The molecule has 1 amide bonds. The molecule has 0 N–H and O–H groups in total. The monoisotopic (exact) mass is 355 g/mol. The van der Waals surface area contributed by atoms with Crippen LogP contribution < -0.4 is 9.21 Å². The van der Waals surface area contributed by atoms with E-state index in [0.717, 1.165) is 0 Å². The number of carbonyl (C=O) groups excluding carboxylic acids is 1. The minimum Gasteiger partial charge on any atom is -0.311 e. The first kappa shape index (κ1) is 17.0. The third-order valence-electron chi connectivity index (χ3n) is 4.15. The summed E-state index contributed by atoms with van der Waals surface area (Å²) < 4.78 is 25.5. The predicted molar refractivity (Wildman–Crippen MR) is 96.1 cm³/mol. The summed E-state index contributed by atoms with van der Waals surface area (Å²) in [7, 11) is -1.67. The van der Waals surface area contributed by atoms with Gasteiger partial charge in [0.25, 0.3) is 5.91 Å². The second-order valence-corrected chi connectivity index (χ2v) is 7.83. The summed E-state index contributed by atoms with van der Waals surface area (Å²) in [6.07, 6.45) is 0.585. The SMILES string of the molecule is CN(C(=O)c1cccc(N2CCCS2(=O)=O)c1)c1cccc(C#N)c1. The van der Waals surface area contributed by atoms with Gasteiger partial charge in [-0.25, -0.2) is 8.42 Å². The van der Waals surface area contributed by atoms with Crippen molar-refractivity contribution in [1.29, 1.82) is 5.26 Å². The van der Waals surface area contributed by atoms with E-state index in [2.05, 4.69) is 0 Å². The van der Waals surface area contributed by atoms with Gasteiger partial charge in [-0.05, 0) is 42.8 Å². The highest BCUT2D eigenvalue weighted by molar-refractivity contribution is 7.93. The zero-order chi connectivity index (χ0) is 18.0. The van der Waals surface area contributed by atoms with Gasteiger partial charge in [0.1, 0.15) is 0 Å². The Balaban J connectivity index is 1.90. The molecule has 0 unspecified atom stereocenters. The van der Waals surface area contributed by atoms with E-state index in [1.54, 1.807) is 55.6 Å². The molecule has 6 nitrogen and oxygen atoms in total. The number of benzene rings is 2. The molecule has 25 heavy (non-hydrogen) atoms. The minimum absolute atomic E-state index is 0.131. The van der Waals surface area contributed by atoms with Gasteiger partial charge in [0.05, 0.1) is 23.1 Å². The lowest BCUT2D eigenvalue weighted by atomic mass is 10.1. The zero-order valence-electron chi connectivity index (χ0n) is 13.7. The van der Waals surface area contributed by atoms with Crippen LogP contribution in [0.2, 0.25) is 0 Å². The van der Waals surface area contributed by atoms with Crippen molar-refractivity contribution in [1.82, 2.24) is 0 Å². The van der Waals surface area contributed by atoms with Crippen LogP contribution in [0.5, 0.6) is 0 Å². The molecule has 0 saturated carbocycles. The quantitative estimate of drug-likeness (QED) is 0.846. The first-order valence-electron chi connectivity index (χ1n) is 7.81. The lowest BCUT2D eigenvalue weighted by Crippen LogP contribution is -2.28. The maximum absolute atomic E-state index is 12.7. The summed E-state index contributed by atoms with van der Waals surface area (Å²) in [5, 5.41) is 8.99. The average Bonchev–Trinajstić information content (AvgIpc) is 2.99. The molecular formula is C18H17N3O3S. The highest BCUT2D eigenvalue weighted by Crippen LogP contribution is 2.26. The van der Waals surface area contributed by atoms with E-state index >= 15 is 0 Å². The first-order chi connectivity index (χ1) is 11.9. The molecular weight excluding hydrogens is 338 g/mol. The van der Waals surface area contributed by atoms with E-state index in [4.69, 9.17) is 5.26 Å². The van der Waals surface area contributed by atoms with Crippen LogP contribution >= 0.6 is 0 Å². The van der Waals surface area contributed by atoms with Crippen LogP contribution in [-0.4, -0.2) is 33.7 Å². The second kappa shape index (κ2) is 6.57. The van der Waals surface area contributed by atoms with E-state index in [1.807, 2.05) is 6.07 Å². The third-order valence-corrected chi connectivity index (χ3v) is 6.02. The van der Waals surface area contributed by atoms with Crippen molar-refractivity contribution in [2.75, 3.05) is 28.6 Å². The summed E-state index contributed by atoms with van der Waals surface area (Å²) in [6, 6.07) is 15.4. The van der Waals surface area contributed by atoms with Gasteiger partial charge in [-0.2, -0.15) is 5.26 Å². The molecule has 1 fully saturated rings. The molecule has 2 aromatic carbocycles. The first-order valence-corrected chi connectivity index (χ1v) is 9.42. The zero-order valence-corrected chi connectivity index (χ0v) is 14.5.